The van der Waals surface area contributed by atoms with E-state index in [9.17, 15) is 14.4 Å². The lowest BCUT2D eigenvalue weighted by molar-refractivity contribution is -0.117. The number of hydrogen-bond donors (Lipinski definition) is 1. The van der Waals surface area contributed by atoms with Crippen molar-refractivity contribution >= 4 is 29.2 Å². The maximum atomic E-state index is 12.3. The first-order valence-corrected chi connectivity index (χ1v) is 8.03. The predicted octanol–water partition coefficient (Wildman–Crippen LogP) is 2.99. The van der Waals surface area contributed by atoms with Crippen molar-refractivity contribution in [2.75, 3.05) is 16.8 Å². The van der Waals surface area contributed by atoms with Crippen molar-refractivity contribution in [1.29, 1.82) is 0 Å². The van der Waals surface area contributed by atoms with Gasteiger partial charge in [0.25, 0.3) is 0 Å². The molecule has 1 aliphatic rings. The Hall–Kier alpha value is -3.15. The highest BCUT2D eigenvalue weighted by Gasteiger charge is 2.21. The third-order valence-corrected chi connectivity index (χ3v) is 3.85. The van der Waals surface area contributed by atoms with Crippen LogP contribution in [0.1, 0.15) is 30.1 Å². The van der Waals surface area contributed by atoms with Gasteiger partial charge in [0.05, 0.1) is 5.56 Å². The Kier molecular flexibility index (Phi) is 4.79. The molecular weight excluding hydrogens is 320 g/mol. The fourth-order valence-corrected chi connectivity index (χ4v) is 2.71. The van der Waals surface area contributed by atoms with Crippen molar-refractivity contribution in [3.8, 4) is 5.75 Å². The highest BCUT2D eigenvalue weighted by molar-refractivity contribution is 5.96. The molecule has 0 spiro atoms. The minimum absolute atomic E-state index is 0.102. The fraction of sp³-hybridized carbons (Fsp3) is 0.211. The topological polar surface area (TPSA) is 75.7 Å². The molecule has 2 amide bonds. The Balaban J connectivity index is 1.69. The predicted molar refractivity (Wildman–Crippen MR) is 93.7 cm³/mol. The summed E-state index contributed by atoms with van der Waals surface area (Å²) in [5, 5.41) is 2.63. The number of carbonyl (C=O) groups excluding carboxylic acids is 3. The molecular formula is C19H18N2O4. The first kappa shape index (κ1) is 16.7. The van der Waals surface area contributed by atoms with Gasteiger partial charge in [-0.3, -0.25) is 9.59 Å². The molecule has 0 saturated carbocycles. The smallest absolute Gasteiger partial charge is 0.343 e. The number of nitrogens with zero attached hydrogens (tertiary/aromatic N) is 1. The SMILES string of the molecule is CC(=O)Nc1cccc(OC(=O)c2ccc(N3CCCC3=O)cc2)c1. The van der Waals surface area contributed by atoms with E-state index < -0.39 is 5.97 Å². The molecule has 25 heavy (non-hydrogen) atoms. The molecule has 1 fully saturated rings. The van der Waals surface area contributed by atoms with Crippen molar-refractivity contribution in [1.82, 2.24) is 0 Å². The van der Waals surface area contributed by atoms with Crippen LogP contribution >= 0.6 is 0 Å². The summed E-state index contributed by atoms with van der Waals surface area (Å²) in [6.45, 7) is 2.11. The van der Waals surface area contributed by atoms with Crippen LogP contribution in [-0.2, 0) is 9.59 Å². The van der Waals surface area contributed by atoms with Crippen LogP contribution in [0.3, 0.4) is 0 Å². The van der Waals surface area contributed by atoms with Crippen molar-refractivity contribution in [3.05, 3.63) is 54.1 Å². The maximum absolute atomic E-state index is 12.3. The molecule has 1 saturated heterocycles. The normalized spacial score (nSPS) is 13.6. The molecule has 0 aromatic heterocycles. The van der Waals surface area contributed by atoms with Crippen molar-refractivity contribution < 1.29 is 19.1 Å². The highest BCUT2D eigenvalue weighted by atomic mass is 16.5. The van der Waals surface area contributed by atoms with Crippen LogP contribution in [0.5, 0.6) is 5.75 Å². The van der Waals surface area contributed by atoms with Gasteiger partial charge in [-0.15, -0.1) is 0 Å². The number of rotatable bonds is 4. The number of ether oxygens (including phenoxy) is 1. The average Bonchev–Trinajstić information content (AvgIpc) is 3.01. The molecule has 0 atom stereocenters. The van der Waals surface area contributed by atoms with Crippen LogP contribution in [0, 0.1) is 0 Å². The zero-order valence-corrected chi connectivity index (χ0v) is 13.8. The van der Waals surface area contributed by atoms with Crippen LogP contribution in [0.2, 0.25) is 0 Å². The molecule has 0 unspecified atom stereocenters. The minimum atomic E-state index is -0.501. The molecule has 2 aromatic carbocycles. The van der Waals surface area contributed by atoms with Crippen LogP contribution in [0.4, 0.5) is 11.4 Å². The molecule has 0 radical (unpaired) electrons. The lowest BCUT2D eigenvalue weighted by Gasteiger charge is -2.15. The van der Waals surface area contributed by atoms with Crippen molar-refractivity contribution in [3.63, 3.8) is 0 Å². The van der Waals surface area contributed by atoms with Gasteiger partial charge < -0.3 is 15.0 Å². The lowest BCUT2D eigenvalue weighted by Crippen LogP contribution is -2.23. The summed E-state index contributed by atoms with van der Waals surface area (Å²) in [5.74, 6) is -0.255. The van der Waals surface area contributed by atoms with Gasteiger partial charge >= 0.3 is 5.97 Å². The van der Waals surface area contributed by atoms with Gasteiger partial charge in [-0.1, -0.05) is 6.07 Å². The lowest BCUT2D eigenvalue weighted by atomic mass is 10.2. The summed E-state index contributed by atoms with van der Waals surface area (Å²) in [5.41, 5.74) is 1.73. The van der Waals surface area contributed by atoms with Gasteiger partial charge in [-0.05, 0) is 42.8 Å². The Labute approximate surface area is 145 Å². The molecule has 6 heteroatoms. The first-order chi connectivity index (χ1) is 12.0. The molecule has 128 valence electrons. The van der Waals surface area contributed by atoms with Gasteiger partial charge in [0.1, 0.15) is 5.75 Å². The number of carbonyl (C=O) groups is 3. The number of anilines is 2. The van der Waals surface area contributed by atoms with Crippen LogP contribution in [0.15, 0.2) is 48.5 Å². The van der Waals surface area contributed by atoms with E-state index >= 15 is 0 Å². The van der Waals surface area contributed by atoms with E-state index in [1.165, 1.54) is 6.92 Å². The molecule has 1 N–H and O–H groups in total. The summed E-state index contributed by atoms with van der Waals surface area (Å²) in [6, 6.07) is 13.4. The summed E-state index contributed by atoms with van der Waals surface area (Å²) in [4.78, 5) is 36.8. The number of amides is 2. The Bertz CT molecular complexity index is 814. The second kappa shape index (κ2) is 7.17. The molecule has 6 nitrogen and oxygen atoms in total. The summed E-state index contributed by atoms with van der Waals surface area (Å²) in [7, 11) is 0. The number of benzene rings is 2. The maximum Gasteiger partial charge on any atom is 0.343 e. The summed E-state index contributed by atoms with van der Waals surface area (Å²) < 4.78 is 5.34. The first-order valence-electron chi connectivity index (χ1n) is 8.03. The van der Waals surface area contributed by atoms with Crippen molar-refractivity contribution in [2.45, 2.75) is 19.8 Å². The Morgan fingerprint density at radius 2 is 1.88 bits per heavy atom. The Morgan fingerprint density at radius 3 is 2.52 bits per heavy atom. The summed E-state index contributed by atoms with van der Waals surface area (Å²) >= 11 is 0. The average molecular weight is 338 g/mol. The number of nitrogens with one attached hydrogen (secondary N) is 1. The second-order valence-corrected chi connectivity index (χ2v) is 5.79. The molecule has 2 aromatic rings. The van der Waals surface area contributed by atoms with Crippen LogP contribution in [0.25, 0.3) is 0 Å². The van der Waals surface area contributed by atoms with E-state index in [1.807, 2.05) is 0 Å². The van der Waals surface area contributed by atoms with E-state index in [0.29, 0.717) is 30.0 Å². The molecule has 1 heterocycles. The summed E-state index contributed by atoms with van der Waals surface area (Å²) in [6.07, 6.45) is 1.42. The van der Waals surface area contributed by atoms with Crippen LogP contribution in [-0.4, -0.2) is 24.3 Å². The van der Waals surface area contributed by atoms with Gasteiger partial charge in [0.2, 0.25) is 11.8 Å². The van der Waals surface area contributed by atoms with Gasteiger partial charge in [-0.2, -0.15) is 0 Å². The van der Waals surface area contributed by atoms with E-state index in [1.54, 1.807) is 53.4 Å². The molecule has 0 aliphatic carbocycles. The van der Waals surface area contributed by atoms with E-state index in [2.05, 4.69) is 5.32 Å². The molecule has 1 aliphatic heterocycles. The van der Waals surface area contributed by atoms with E-state index in [-0.39, 0.29) is 11.8 Å². The van der Waals surface area contributed by atoms with Crippen LogP contribution < -0.4 is 15.0 Å². The zero-order valence-electron chi connectivity index (χ0n) is 13.8. The quantitative estimate of drug-likeness (QED) is 0.687. The standard InChI is InChI=1S/C19H18N2O4/c1-13(22)20-15-4-2-5-17(12-15)25-19(24)14-7-9-16(10-8-14)21-11-3-6-18(21)23/h2,4-5,7-10,12H,3,6,11H2,1H3,(H,20,22). The molecule has 3 rings (SSSR count). The second-order valence-electron chi connectivity index (χ2n) is 5.79. The minimum Gasteiger partial charge on any atom is -0.423 e. The van der Waals surface area contributed by atoms with Crippen molar-refractivity contribution in [2.24, 2.45) is 0 Å². The largest absolute Gasteiger partial charge is 0.423 e. The van der Waals surface area contributed by atoms with Gasteiger partial charge in [-0.25, -0.2) is 4.79 Å². The Morgan fingerprint density at radius 1 is 1.12 bits per heavy atom. The van der Waals surface area contributed by atoms with E-state index in [4.69, 9.17) is 4.74 Å². The monoisotopic (exact) mass is 338 g/mol. The third kappa shape index (κ3) is 4.03. The molecule has 0 bridgehead atoms. The van der Waals surface area contributed by atoms with E-state index in [0.717, 1.165) is 12.1 Å². The fourth-order valence-electron chi connectivity index (χ4n) is 2.71. The number of hydrogen-bond acceptors (Lipinski definition) is 4. The van der Waals surface area contributed by atoms with Gasteiger partial charge in [0.15, 0.2) is 0 Å². The third-order valence-electron chi connectivity index (χ3n) is 3.85. The zero-order chi connectivity index (χ0) is 17.8. The highest BCUT2D eigenvalue weighted by Crippen LogP contribution is 2.23. The van der Waals surface area contributed by atoms with Gasteiger partial charge in [0, 0.05) is 37.3 Å². The number of esters is 1.